The first-order valence-electron chi connectivity index (χ1n) is 7.99. The maximum absolute atomic E-state index is 12.5. The van der Waals surface area contributed by atoms with E-state index in [1.165, 1.54) is 6.07 Å². The third-order valence-electron chi connectivity index (χ3n) is 4.12. The summed E-state index contributed by atoms with van der Waals surface area (Å²) in [6.07, 6.45) is 2.14. The third kappa shape index (κ3) is 3.56. The minimum absolute atomic E-state index is 0.221. The van der Waals surface area contributed by atoms with E-state index in [4.69, 9.17) is 9.84 Å². The second-order valence-electron chi connectivity index (χ2n) is 5.80. The van der Waals surface area contributed by atoms with Crippen LogP contribution in [0.15, 0.2) is 48.5 Å². The van der Waals surface area contributed by atoms with Crippen molar-refractivity contribution in [2.45, 2.75) is 25.9 Å². The average molecular weight is 325 g/mol. The zero-order valence-corrected chi connectivity index (χ0v) is 13.3. The lowest BCUT2D eigenvalue weighted by atomic mass is 10.0. The quantitative estimate of drug-likeness (QED) is 0.930. The molecule has 0 atom stereocenters. The van der Waals surface area contributed by atoms with Gasteiger partial charge in [0.1, 0.15) is 6.61 Å². The lowest BCUT2D eigenvalue weighted by Crippen LogP contribution is -2.32. The summed E-state index contributed by atoms with van der Waals surface area (Å²) in [5.74, 6) is -0.958. The van der Waals surface area contributed by atoms with Gasteiger partial charge >= 0.3 is 12.1 Å². The van der Waals surface area contributed by atoms with Crippen molar-refractivity contribution in [3.8, 4) is 0 Å². The second-order valence-corrected chi connectivity index (χ2v) is 5.80. The van der Waals surface area contributed by atoms with Crippen molar-refractivity contribution < 1.29 is 19.4 Å². The number of rotatable bonds is 3. The molecule has 0 unspecified atom stereocenters. The predicted octanol–water partition coefficient (Wildman–Crippen LogP) is 3.86. The van der Waals surface area contributed by atoms with E-state index in [1.54, 1.807) is 17.0 Å². The van der Waals surface area contributed by atoms with Crippen molar-refractivity contribution in [3.05, 3.63) is 65.2 Å². The Morgan fingerprint density at radius 2 is 1.88 bits per heavy atom. The Labute approximate surface area is 140 Å². The monoisotopic (exact) mass is 325 g/mol. The lowest BCUT2D eigenvalue weighted by molar-refractivity contribution is 0.0696. The number of amides is 1. The number of benzene rings is 2. The number of aryl methyl sites for hydroxylation is 1. The van der Waals surface area contributed by atoms with E-state index in [1.807, 2.05) is 30.3 Å². The molecule has 5 nitrogen and oxygen atoms in total. The van der Waals surface area contributed by atoms with E-state index in [-0.39, 0.29) is 12.2 Å². The summed E-state index contributed by atoms with van der Waals surface area (Å²) in [7, 11) is 0. The lowest BCUT2D eigenvalue weighted by Gasteiger charge is -2.22. The first kappa shape index (κ1) is 16.1. The molecule has 0 saturated carbocycles. The molecule has 0 saturated heterocycles. The van der Waals surface area contributed by atoms with E-state index in [0.717, 1.165) is 36.1 Å². The number of carbonyl (C=O) groups is 2. The molecule has 5 heteroatoms. The Bertz CT molecular complexity index is 742. The minimum Gasteiger partial charge on any atom is -0.478 e. The smallest absolute Gasteiger partial charge is 0.414 e. The number of hydrogen-bond acceptors (Lipinski definition) is 3. The zero-order chi connectivity index (χ0) is 16.9. The molecule has 1 amide bonds. The van der Waals surface area contributed by atoms with Gasteiger partial charge in [0.05, 0.1) is 11.3 Å². The number of hydrogen-bond donors (Lipinski definition) is 1. The van der Waals surface area contributed by atoms with E-state index >= 15 is 0 Å². The van der Waals surface area contributed by atoms with Crippen LogP contribution in [0.5, 0.6) is 0 Å². The highest BCUT2D eigenvalue weighted by molar-refractivity contribution is 5.92. The minimum atomic E-state index is -0.958. The van der Waals surface area contributed by atoms with E-state index < -0.39 is 12.1 Å². The molecule has 3 rings (SSSR count). The van der Waals surface area contributed by atoms with Crippen LogP contribution in [-0.2, 0) is 17.8 Å². The van der Waals surface area contributed by atoms with Crippen molar-refractivity contribution in [3.63, 3.8) is 0 Å². The van der Waals surface area contributed by atoms with Crippen LogP contribution in [0.25, 0.3) is 0 Å². The Morgan fingerprint density at radius 3 is 2.62 bits per heavy atom. The molecule has 2 aromatic rings. The number of carboxylic acids is 1. The molecular weight excluding hydrogens is 306 g/mol. The molecule has 2 aromatic carbocycles. The number of anilines is 1. The van der Waals surface area contributed by atoms with Gasteiger partial charge in [-0.1, -0.05) is 30.3 Å². The van der Waals surface area contributed by atoms with Gasteiger partial charge in [0.25, 0.3) is 0 Å². The molecule has 1 aliphatic rings. The highest BCUT2D eigenvalue weighted by Gasteiger charge is 2.23. The topological polar surface area (TPSA) is 66.8 Å². The number of carboxylic acid groups (broad SMARTS) is 1. The average Bonchev–Trinajstić information content (AvgIpc) is 2.82. The maximum atomic E-state index is 12.5. The van der Waals surface area contributed by atoms with Gasteiger partial charge in [-0.15, -0.1) is 0 Å². The van der Waals surface area contributed by atoms with Crippen molar-refractivity contribution >= 4 is 17.7 Å². The standard InChI is InChI=1S/C19H19NO4/c21-18(22)16-9-10-17-15(12-16)8-4-5-11-20(17)19(23)24-13-14-6-2-1-3-7-14/h1-3,6-7,9-10,12H,4-5,8,11,13H2,(H,21,22). The fraction of sp³-hybridized carbons (Fsp3) is 0.263. The van der Waals surface area contributed by atoms with Crippen LogP contribution in [0.2, 0.25) is 0 Å². The number of ether oxygens (including phenoxy) is 1. The normalized spacial score (nSPS) is 13.8. The molecule has 0 radical (unpaired) electrons. The van der Waals surface area contributed by atoms with Gasteiger partial charge in [-0.25, -0.2) is 9.59 Å². The van der Waals surface area contributed by atoms with Crippen molar-refractivity contribution in [2.75, 3.05) is 11.4 Å². The molecule has 124 valence electrons. The van der Waals surface area contributed by atoms with Gasteiger partial charge in [-0.05, 0) is 48.6 Å². The molecule has 1 aliphatic heterocycles. The van der Waals surface area contributed by atoms with Crippen LogP contribution in [-0.4, -0.2) is 23.7 Å². The number of aromatic carboxylic acids is 1. The van der Waals surface area contributed by atoms with E-state index in [9.17, 15) is 9.59 Å². The molecule has 1 N–H and O–H groups in total. The number of fused-ring (bicyclic) bond motifs is 1. The van der Waals surface area contributed by atoms with Gasteiger partial charge in [0.2, 0.25) is 0 Å². The van der Waals surface area contributed by atoms with Crippen LogP contribution < -0.4 is 4.90 Å². The number of nitrogens with zero attached hydrogens (tertiary/aromatic N) is 1. The summed E-state index contributed by atoms with van der Waals surface area (Å²) in [6, 6.07) is 14.4. The SMILES string of the molecule is O=C(O)c1ccc2c(c1)CCCCN2C(=O)OCc1ccccc1. The summed E-state index contributed by atoms with van der Waals surface area (Å²) in [5.41, 5.74) is 2.80. The van der Waals surface area contributed by atoms with Crippen LogP contribution in [0, 0.1) is 0 Å². The van der Waals surface area contributed by atoms with Gasteiger partial charge < -0.3 is 9.84 Å². The van der Waals surface area contributed by atoms with Gasteiger partial charge in [-0.3, -0.25) is 4.90 Å². The summed E-state index contributed by atoms with van der Waals surface area (Å²) >= 11 is 0. The largest absolute Gasteiger partial charge is 0.478 e. The van der Waals surface area contributed by atoms with E-state index in [0.29, 0.717) is 6.54 Å². The maximum Gasteiger partial charge on any atom is 0.414 e. The molecular formula is C19H19NO4. The summed E-state index contributed by atoms with van der Waals surface area (Å²) in [4.78, 5) is 25.2. The third-order valence-corrected chi connectivity index (χ3v) is 4.12. The molecule has 0 bridgehead atoms. The van der Waals surface area contributed by atoms with Gasteiger partial charge in [-0.2, -0.15) is 0 Å². The Hall–Kier alpha value is -2.82. The molecule has 1 heterocycles. The zero-order valence-electron chi connectivity index (χ0n) is 13.3. The molecule has 0 aliphatic carbocycles. The highest BCUT2D eigenvalue weighted by atomic mass is 16.6. The molecule has 0 fully saturated rings. The summed E-state index contributed by atoms with van der Waals surface area (Å²) < 4.78 is 5.43. The first-order valence-corrected chi connectivity index (χ1v) is 7.99. The van der Waals surface area contributed by atoms with Crippen LogP contribution in [0.4, 0.5) is 10.5 Å². The molecule has 0 spiro atoms. The van der Waals surface area contributed by atoms with Crippen LogP contribution in [0.3, 0.4) is 0 Å². The van der Waals surface area contributed by atoms with Gasteiger partial charge in [0, 0.05) is 6.54 Å². The Balaban J connectivity index is 1.78. The molecule has 24 heavy (non-hydrogen) atoms. The Morgan fingerprint density at radius 1 is 1.08 bits per heavy atom. The fourth-order valence-electron chi connectivity index (χ4n) is 2.87. The Kier molecular flexibility index (Phi) is 4.79. The number of carbonyl (C=O) groups excluding carboxylic acids is 1. The predicted molar refractivity (Wildman–Crippen MR) is 90.3 cm³/mol. The molecule has 0 aromatic heterocycles. The van der Waals surface area contributed by atoms with E-state index in [2.05, 4.69) is 0 Å². The van der Waals surface area contributed by atoms with Crippen LogP contribution >= 0.6 is 0 Å². The van der Waals surface area contributed by atoms with Crippen molar-refractivity contribution in [1.29, 1.82) is 0 Å². The summed E-state index contributed by atoms with van der Waals surface area (Å²) in [5, 5.41) is 9.14. The fourth-order valence-corrected chi connectivity index (χ4v) is 2.87. The van der Waals surface area contributed by atoms with Crippen molar-refractivity contribution in [1.82, 2.24) is 0 Å². The second kappa shape index (κ2) is 7.17. The van der Waals surface area contributed by atoms with Gasteiger partial charge in [0.15, 0.2) is 0 Å². The summed E-state index contributed by atoms with van der Waals surface area (Å²) in [6.45, 7) is 0.797. The highest BCUT2D eigenvalue weighted by Crippen LogP contribution is 2.28. The first-order chi connectivity index (χ1) is 11.6. The van der Waals surface area contributed by atoms with Crippen LogP contribution in [0.1, 0.15) is 34.3 Å². The van der Waals surface area contributed by atoms with Crippen molar-refractivity contribution in [2.24, 2.45) is 0 Å².